The number of hydrogen-bond donors (Lipinski definition) is 1. The number of benzene rings is 1. The van der Waals surface area contributed by atoms with Gasteiger partial charge in [0.2, 0.25) is 0 Å². The number of nitrogens with zero attached hydrogens (tertiary/aromatic N) is 1. The molecule has 0 atom stereocenters. The van der Waals surface area contributed by atoms with Gasteiger partial charge in [-0.25, -0.2) is 4.79 Å². The molecule has 7 heteroatoms. The van der Waals surface area contributed by atoms with E-state index in [4.69, 9.17) is 9.47 Å². The molecule has 0 fully saturated rings. The van der Waals surface area contributed by atoms with Crippen molar-refractivity contribution < 1.29 is 19.4 Å². The highest BCUT2D eigenvalue weighted by molar-refractivity contribution is 9.10. The number of esters is 1. The van der Waals surface area contributed by atoms with Crippen LogP contribution in [0.15, 0.2) is 33.5 Å². The van der Waals surface area contributed by atoms with Crippen molar-refractivity contribution in [1.82, 2.24) is 4.57 Å². The highest BCUT2D eigenvalue weighted by Crippen LogP contribution is 2.31. The lowest BCUT2D eigenvalue weighted by molar-refractivity contribution is 0.0520. The van der Waals surface area contributed by atoms with Gasteiger partial charge in [-0.1, -0.05) is 15.9 Å². The average Bonchev–Trinajstić information content (AvgIpc) is 2.99. The van der Waals surface area contributed by atoms with Gasteiger partial charge in [0.25, 0.3) is 5.56 Å². The Morgan fingerprint density at radius 3 is 2.70 bits per heavy atom. The lowest BCUT2D eigenvalue weighted by Crippen LogP contribution is -2.29. The number of aromatic nitrogens is 1. The molecule has 2 heterocycles. The zero-order chi connectivity index (χ0) is 16.6. The molecule has 1 aliphatic heterocycles. The minimum Gasteiger partial charge on any atom is -0.506 e. The Hall–Kier alpha value is -2.12. The van der Waals surface area contributed by atoms with Crippen molar-refractivity contribution in [2.75, 3.05) is 6.61 Å². The van der Waals surface area contributed by atoms with Crippen molar-refractivity contribution in [2.45, 2.75) is 20.1 Å². The predicted molar refractivity (Wildman–Crippen MR) is 85.9 cm³/mol. The van der Waals surface area contributed by atoms with Gasteiger partial charge in [0.1, 0.15) is 5.75 Å². The van der Waals surface area contributed by atoms with Gasteiger partial charge in [0.15, 0.2) is 5.56 Å². The van der Waals surface area contributed by atoms with Gasteiger partial charge in [-0.15, -0.1) is 0 Å². The summed E-state index contributed by atoms with van der Waals surface area (Å²) < 4.78 is 12.5. The van der Waals surface area contributed by atoms with E-state index in [-0.39, 0.29) is 31.1 Å². The summed E-state index contributed by atoms with van der Waals surface area (Å²) in [7, 11) is 0. The molecule has 3 rings (SSSR count). The number of rotatable bonds is 3. The van der Waals surface area contributed by atoms with Crippen LogP contribution in [0.2, 0.25) is 0 Å². The molecule has 0 saturated carbocycles. The van der Waals surface area contributed by atoms with Crippen molar-refractivity contribution in [3.63, 3.8) is 0 Å². The number of aromatic hydroxyl groups is 1. The summed E-state index contributed by atoms with van der Waals surface area (Å²) in [6, 6.07) is 7.08. The van der Waals surface area contributed by atoms with E-state index in [0.717, 1.165) is 4.47 Å². The topological polar surface area (TPSA) is 77.8 Å². The Morgan fingerprint density at radius 1 is 1.35 bits per heavy atom. The van der Waals surface area contributed by atoms with E-state index in [1.54, 1.807) is 31.2 Å². The molecule has 0 amide bonds. The summed E-state index contributed by atoms with van der Waals surface area (Å²) in [5.74, 6) is -1.19. The summed E-state index contributed by atoms with van der Waals surface area (Å²) in [4.78, 5) is 24.9. The van der Waals surface area contributed by atoms with Crippen LogP contribution >= 0.6 is 15.9 Å². The minimum atomic E-state index is -0.837. The highest BCUT2D eigenvalue weighted by atomic mass is 79.9. The maximum atomic E-state index is 12.8. The second-order valence-corrected chi connectivity index (χ2v) is 5.89. The molecule has 6 nitrogen and oxygen atoms in total. The lowest BCUT2D eigenvalue weighted by atomic mass is 10.1. The Kier molecular flexibility index (Phi) is 4.23. The first-order valence-electron chi connectivity index (χ1n) is 7.05. The van der Waals surface area contributed by atoms with Gasteiger partial charge in [-0.3, -0.25) is 9.36 Å². The van der Waals surface area contributed by atoms with Crippen LogP contribution in [0.1, 0.15) is 28.5 Å². The minimum absolute atomic E-state index is 0.115. The van der Waals surface area contributed by atoms with Crippen LogP contribution in [-0.4, -0.2) is 22.2 Å². The second kappa shape index (κ2) is 6.17. The fourth-order valence-electron chi connectivity index (χ4n) is 2.56. The molecule has 0 spiro atoms. The Balaban J connectivity index is 2.29. The van der Waals surface area contributed by atoms with E-state index >= 15 is 0 Å². The first kappa shape index (κ1) is 15.8. The van der Waals surface area contributed by atoms with Crippen LogP contribution in [0.5, 0.6) is 5.75 Å². The first-order valence-corrected chi connectivity index (χ1v) is 7.84. The van der Waals surface area contributed by atoms with Crippen LogP contribution in [0.3, 0.4) is 0 Å². The third kappa shape index (κ3) is 2.66. The summed E-state index contributed by atoms with van der Waals surface area (Å²) in [6.45, 7) is 2.09. The van der Waals surface area contributed by atoms with Crippen molar-refractivity contribution in [1.29, 1.82) is 0 Å². The first-order chi connectivity index (χ1) is 11.0. The van der Waals surface area contributed by atoms with E-state index < -0.39 is 11.5 Å². The molecule has 1 aromatic carbocycles. The molecule has 1 aromatic heterocycles. The van der Waals surface area contributed by atoms with Gasteiger partial charge in [-0.2, -0.15) is 0 Å². The maximum Gasteiger partial charge on any atom is 0.347 e. The van der Waals surface area contributed by atoms with Crippen LogP contribution in [0.25, 0.3) is 5.69 Å². The molecule has 0 unspecified atom stereocenters. The third-order valence-electron chi connectivity index (χ3n) is 3.61. The monoisotopic (exact) mass is 379 g/mol. The molecule has 120 valence electrons. The molecule has 1 N–H and O–H groups in total. The van der Waals surface area contributed by atoms with Gasteiger partial charge in [0.05, 0.1) is 25.5 Å². The number of halogens is 1. The van der Waals surface area contributed by atoms with Crippen LogP contribution in [0, 0.1) is 0 Å². The Bertz CT molecular complexity index is 826. The summed E-state index contributed by atoms with van der Waals surface area (Å²) in [5, 5.41) is 10.3. The van der Waals surface area contributed by atoms with E-state index in [1.807, 2.05) is 0 Å². The highest BCUT2D eigenvalue weighted by Gasteiger charge is 2.30. The van der Waals surface area contributed by atoms with Gasteiger partial charge in [0, 0.05) is 15.7 Å². The lowest BCUT2D eigenvalue weighted by Gasteiger charge is -2.15. The summed E-state index contributed by atoms with van der Waals surface area (Å²) in [5.41, 5.74) is 0.593. The van der Waals surface area contributed by atoms with E-state index in [1.165, 1.54) is 4.57 Å². The molecule has 2 aromatic rings. The molecule has 0 radical (unpaired) electrons. The van der Waals surface area contributed by atoms with E-state index in [9.17, 15) is 14.7 Å². The Morgan fingerprint density at radius 2 is 2.04 bits per heavy atom. The van der Waals surface area contributed by atoms with Crippen molar-refractivity contribution >= 4 is 21.9 Å². The van der Waals surface area contributed by atoms with Gasteiger partial charge < -0.3 is 14.6 Å². The van der Waals surface area contributed by atoms with E-state index in [0.29, 0.717) is 16.9 Å². The zero-order valence-electron chi connectivity index (χ0n) is 12.3. The largest absolute Gasteiger partial charge is 0.506 e. The molecule has 0 saturated heterocycles. The number of fused-ring (bicyclic) bond motifs is 1. The Labute approximate surface area is 140 Å². The fourth-order valence-corrected chi connectivity index (χ4v) is 2.83. The van der Waals surface area contributed by atoms with Crippen LogP contribution < -0.4 is 5.56 Å². The SMILES string of the molecule is CCOC(=O)c1c(O)c2c(n(-c3ccc(Br)cc3)c1=O)COC2. The summed E-state index contributed by atoms with van der Waals surface area (Å²) in [6.07, 6.45) is 0. The number of carbonyl (C=O) groups excluding carboxylic acids is 1. The average molecular weight is 380 g/mol. The van der Waals surface area contributed by atoms with Crippen molar-refractivity contribution in [3.05, 3.63) is 55.9 Å². The summed E-state index contributed by atoms with van der Waals surface area (Å²) >= 11 is 3.34. The predicted octanol–water partition coefficient (Wildman–Crippen LogP) is 2.51. The van der Waals surface area contributed by atoms with Gasteiger partial charge in [-0.05, 0) is 31.2 Å². The smallest absolute Gasteiger partial charge is 0.347 e. The standard InChI is InChI=1S/C16H14BrNO5/c1-2-23-16(21)13-14(19)11-7-22-8-12(11)18(15(13)20)10-5-3-9(17)4-6-10/h3-6,19H,2,7-8H2,1H3. The number of ether oxygens (including phenoxy) is 2. The van der Waals surface area contributed by atoms with Crippen molar-refractivity contribution in [3.8, 4) is 11.4 Å². The molecule has 1 aliphatic rings. The molecular weight excluding hydrogens is 366 g/mol. The third-order valence-corrected chi connectivity index (χ3v) is 4.14. The van der Waals surface area contributed by atoms with Crippen LogP contribution in [0.4, 0.5) is 0 Å². The van der Waals surface area contributed by atoms with Gasteiger partial charge >= 0.3 is 5.97 Å². The van der Waals surface area contributed by atoms with E-state index in [2.05, 4.69) is 15.9 Å². The maximum absolute atomic E-state index is 12.8. The molecule has 0 aliphatic carbocycles. The van der Waals surface area contributed by atoms with Crippen LogP contribution in [-0.2, 0) is 22.7 Å². The normalized spacial score (nSPS) is 13.0. The quantitative estimate of drug-likeness (QED) is 0.828. The molecular formula is C16H14BrNO5. The number of carbonyl (C=O) groups is 1. The molecule has 0 bridgehead atoms. The number of pyridine rings is 1. The molecule has 23 heavy (non-hydrogen) atoms. The van der Waals surface area contributed by atoms with Crippen molar-refractivity contribution in [2.24, 2.45) is 0 Å². The zero-order valence-corrected chi connectivity index (χ0v) is 13.9. The number of hydrogen-bond acceptors (Lipinski definition) is 5. The second-order valence-electron chi connectivity index (χ2n) is 4.98. The fraction of sp³-hybridized carbons (Fsp3) is 0.250.